The molecular formula is C26H47NO4. The Labute approximate surface area is 191 Å². The number of carbonyl (C=O) groups is 2. The minimum absolute atomic E-state index is 0.0603. The fourth-order valence-electron chi connectivity index (χ4n) is 2.75. The predicted octanol–water partition coefficient (Wildman–Crippen LogP) is 7.34. The summed E-state index contributed by atoms with van der Waals surface area (Å²) < 4.78 is 10.6. The van der Waals surface area contributed by atoms with Gasteiger partial charge in [0.15, 0.2) is 0 Å². The smallest absolute Gasteiger partial charge is 0.412 e. The number of rotatable bonds is 9. The summed E-state index contributed by atoms with van der Waals surface area (Å²) in [5, 5.41) is 2.74. The molecule has 0 heterocycles. The number of carbonyl (C=O) groups excluding carboxylic acids is 2. The summed E-state index contributed by atoms with van der Waals surface area (Å²) in [5.41, 5.74) is 1.42. The van der Waals surface area contributed by atoms with Crippen LogP contribution in [0.2, 0.25) is 0 Å². The van der Waals surface area contributed by atoms with Crippen LogP contribution < -0.4 is 5.32 Å². The lowest BCUT2D eigenvalue weighted by Gasteiger charge is -2.24. The lowest BCUT2D eigenvalue weighted by Crippen LogP contribution is -2.31. The van der Waals surface area contributed by atoms with E-state index in [-0.39, 0.29) is 12.1 Å². The number of nitrogens with one attached hydrogen (secondary N) is 1. The first kappa shape index (κ1) is 31.1. The first-order valence-electron chi connectivity index (χ1n) is 11.5. The van der Waals surface area contributed by atoms with Crippen molar-refractivity contribution in [2.24, 2.45) is 11.8 Å². The molecule has 0 atom stereocenters. The Morgan fingerprint density at radius 2 is 1.55 bits per heavy atom. The third-order valence-corrected chi connectivity index (χ3v) is 4.12. The van der Waals surface area contributed by atoms with Crippen molar-refractivity contribution in [3.63, 3.8) is 0 Å². The maximum absolute atomic E-state index is 11.6. The van der Waals surface area contributed by atoms with E-state index in [1.54, 1.807) is 0 Å². The van der Waals surface area contributed by atoms with Crippen molar-refractivity contribution in [2.75, 3.05) is 0 Å². The molecule has 0 saturated carbocycles. The van der Waals surface area contributed by atoms with E-state index in [9.17, 15) is 9.59 Å². The van der Waals surface area contributed by atoms with E-state index in [2.05, 4.69) is 39.9 Å². The van der Waals surface area contributed by atoms with Crippen LogP contribution in [0, 0.1) is 11.8 Å². The van der Waals surface area contributed by atoms with E-state index in [0.29, 0.717) is 18.3 Å². The average molecular weight is 438 g/mol. The summed E-state index contributed by atoms with van der Waals surface area (Å²) >= 11 is 0. The zero-order chi connectivity index (χ0) is 24.6. The summed E-state index contributed by atoms with van der Waals surface area (Å²) in [5.74, 6) is 0.747. The van der Waals surface area contributed by atoms with Gasteiger partial charge in [0, 0.05) is 12.1 Å². The molecule has 0 bridgehead atoms. The first-order chi connectivity index (χ1) is 14.3. The molecule has 1 N–H and O–H groups in total. The van der Waals surface area contributed by atoms with Gasteiger partial charge in [-0.3, -0.25) is 10.1 Å². The zero-order valence-electron chi connectivity index (χ0n) is 21.8. The van der Waals surface area contributed by atoms with Crippen LogP contribution in [0.4, 0.5) is 4.79 Å². The Kier molecular flexibility index (Phi) is 16.7. The molecule has 0 saturated heterocycles. The van der Waals surface area contributed by atoms with Crippen molar-refractivity contribution in [3.8, 4) is 0 Å². The van der Waals surface area contributed by atoms with Gasteiger partial charge in [-0.1, -0.05) is 59.8 Å². The van der Waals surface area contributed by atoms with Crippen LogP contribution in [-0.4, -0.2) is 23.8 Å². The zero-order valence-corrected chi connectivity index (χ0v) is 21.8. The Hall–Kier alpha value is -2.04. The third-order valence-electron chi connectivity index (χ3n) is 4.12. The largest absolute Gasteiger partial charge is 0.462 e. The molecule has 0 aliphatic rings. The van der Waals surface area contributed by atoms with Gasteiger partial charge in [-0.25, -0.2) is 4.79 Å². The van der Waals surface area contributed by atoms with Crippen molar-refractivity contribution < 1.29 is 19.1 Å². The number of alkyl carbamates (subject to hydrolysis) is 1. The van der Waals surface area contributed by atoms with E-state index in [4.69, 9.17) is 9.47 Å². The highest BCUT2D eigenvalue weighted by Gasteiger charge is 2.21. The summed E-state index contributed by atoms with van der Waals surface area (Å²) in [7, 11) is 0. The van der Waals surface area contributed by atoms with Crippen molar-refractivity contribution in [1.29, 1.82) is 0 Å². The maximum atomic E-state index is 11.6. The predicted molar refractivity (Wildman–Crippen MR) is 131 cm³/mol. The van der Waals surface area contributed by atoms with E-state index >= 15 is 0 Å². The number of allylic oxidation sites excluding steroid dienone is 5. The molecule has 0 aromatic rings. The molecular weight excluding hydrogens is 390 g/mol. The number of hydrogen-bond donors (Lipinski definition) is 1. The topological polar surface area (TPSA) is 64.6 Å². The monoisotopic (exact) mass is 437 g/mol. The van der Waals surface area contributed by atoms with Gasteiger partial charge in [-0.15, -0.1) is 0 Å². The maximum Gasteiger partial charge on any atom is 0.412 e. The number of hydrogen-bond acceptors (Lipinski definition) is 4. The van der Waals surface area contributed by atoms with E-state index in [1.165, 1.54) is 0 Å². The number of amides is 1. The molecule has 5 heteroatoms. The van der Waals surface area contributed by atoms with E-state index in [1.807, 2.05) is 65.8 Å². The molecule has 0 aliphatic heterocycles. The molecule has 0 radical (unpaired) electrons. The lowest BCUT2D eigenvalue weighted by molar-refractivity contribution is -0.154. The molecule has 0 aromatic heterocycles. The molecule has 180 valence electrons. The van der Waals surface area contributed by atoms with Crippen LogP contribution in [0.3, 0.4) is 0 Å². The van der Waals surface area contributed by atoms with Crippen LogP contribution in [0.15, 0.2) is 35.6 Å². The van der Waals surface area contributed by atoms with Gasteiger partial charge in [0.25, 0.3) is 0 Å². The standard InChI is InChI=1S/C15H25NO2.C11H22O2/c1-7-10-12(8-2)11-13(9-3)16-14(17)18-15(4,5)6;1-6-7-10(12)13-11(8(2)3)9(4)5/h7,9-11H,8H2,1-6H3,(H,16,17);8-9,11H,6-7H2,1-5H3/b10-7-,12-11-,13-9?;. The Morgan fingerprint density at radius 1 is 1.00 bits per heavy atom. The molecule has 5 nitrogen and oxygen atoms in total. The summed E-state index contributed by atoms with van der Waals surface area (Å²) in [6, 6.07) is 0. The van der Waals surface area contributed by atoms with Crippen molar-refractivity contribution in [3.05, 3.63) is 35.6 Å². The summed E-state index contributed by atoms with van der Waals surface area (Å²) in [6.45, 7) is 21.8. The van der Waals surface area contributed by atoms with Crippen molar-refractivity contribution in [2.45, 2.75) is 107 Å². The van der Waals surface area contributed by atoms with E-state index < -0.39 is 11.7 Å². The second-order valence-corrected chi connectivity index (χ2v) is 9.14. The lowest BCUT2D eigenvalue weighted by atomic mass is 9.96. The normalized spacial score (nSPS) is 12.8. The summed E-state index contributed by atoms with van der Waals surface area (Å²) in [4.78, 5) is 22.9. The van der Waals surface area contributed by atoms with Crippen LogP contribution in [0.5, 0.6) is 0 Å². The molecule has 0 spiro atoms. The van der Waals surface area contributed by atoms with Gasteiger partial charge in [0.05, 0.1) is 0 Å². The highest BCUT2D eigenvalue weighted by molar-refractivity contribution is 5.71. The average Bonchev–Trinajstić information content (AvgIpc) is 2.63. The van der Waals surface area contributed by atoms with Gasteiger partial charge in [0.2, 0.25) is 0 Å². The van der Waals surface area contributed by atoms with Crippen molar-refractivity contribution in [1.82, 2.24) is 5.32 Å². The Morgan fingerprint density at radius 3 is 1.90 bits per heavy atom. The van der Waals surface area contributed by atoms with E-state index in [0.717, 1.165) is 24.1 Å². The summed E-state index contributed by atoms with van der Waals surface area (Å²) in [6.07, 6.45) is 9.76. The molecule has 0 aromatic carbocycles. The van der Waals surface area contributed by atoms with Gasteiger partial charge < -0.3 is 9.47 Å². The van der Waals surface area contributed by atoms with Crippen LogP contribution in [0.25, 0.3) is 0 Å². The number of esters is 1. The van der Waals surface area contributed by atoms with Gasteiger partial charge in [-0.2, -0.15) is 0 Å². The second kappa shape index (κ2) is 16.6. The molecule has 0 aliphatic carbocycles. The first-order valence-corrected chi connectivity index (χ1v) is 11.5. The van der Waals surface area contributed by atoms with Gasteiger partial charge >= 0.3 is 12.1 Å². The fourth-order valence-corrected chi connectivity index (χ4v) is 2.75. The molecule has 0 unspecified atom stereocenters. The minimum atomic E-state index is -0.483. The highest BCUT2D eigenvalue weighted by Crippen LogP contribution is 2.17. The molecule has 1 amide bonds. The highest BCUT2D eigenvalue weighted by atomic mass is 16.6. The minimum Gasteiger partial charge on any atom is -0.462 e. The molecule has 0 rings (SSSR count). The Balaban J connectivity index is 0. The van der Waals surface area contributed by atoms with Crippen LogP contribution in [0.1, 0.15) is 95.4 Å². The second-order valence-electron chi connectivity index (χ2n) is 9.14. The van der Waals surface area contributed by atoms with Crippen LogP contribution in [-0.2, 0) is 14.3 Å². The number of ether oxygens (including phenoxy) is 2. The van der Waals surface area contributed by atoms with Gasteiger partial charge in [0.1, 0.15) is 11.7 Å². The van der Waals surface area contributed by atoms with Gasteiger partial charge in [-0.05, 0) is 70.9 Å². The quantitative estimate of drug-likeness (QED) is 0.303. The molecule has 0 fully saturated rings. The molecule has 31 heavy (non-hydrogen) atoms. The fraction of sp³-hybridized carbons (Fsp3) is 0.692. The SMILES string of the molecule is CC=C(/C=C(\C=C/C)CC)NC(=O)OC(C)(C)C.CCCC(=O)OC(C(C)C)C(C)C. The Bertz CT molecular complexity index is 599. The third kappa shape index (κ3) is 17.3. The van der Waals surface area contributed by atoms with Crippen LogP contribution >= 0.6 is 0 Å². The van der Waals surface area contributed by atoms with Crippen molar-refractivity contribution >= 4 is 12.1 Å².